The van der Waals surface area contributed by atoms with Gasteiger partial charge in [-0.05, 0) is 51.8 Å². The van der Waals surface area contributed by atoms with Gasteiger partial charge in [-0.1, -0.05) is 0 Å². The van der Waals surface area contributed by atoms with Gasteiger partial charge in [-0.25, -0.2) is 29.1 Å². The molecule has 1 atom stereocenters. The van der Waals surface area contributed by atoms with Gasteiger partial charge in [0.15, 0.2) is 17.3 Å². The van der Waals surface area contributed by atoms with E-state index in [-0.39, 0.29) is 29.5 Å². The molecule has 11 heteroatoms. The van der Waals surface area contributed by atoms with Gasteiger partial charge in [0.05, 0.1) is 5.69 Å². The molecule has 0 aliphatic carbocycles. The maximum absolute atomic E-state index is 14.2. The number of rotatable bonds is 5. The summed E-state index contributed by atoms with van der Waals surface area (Å²) >= 11 is 0. The van der Waals surface area contributed by atoms with Gasteiger partial charge in [0.25, 0.3) is 0 Å². The predicted octanol–water partition coefficient (Wildman–Crippen LogP) is 4.26. The van der Waals surface area contributed by atoms with Crippen LogP contribution in [0.3, 0.4) is 0 Å². The number of nitrogens with one attached hydrogen (secondary N) is 1. The monoisotopic (exact) mass is 481 g/mol. The van der Waals surface area contributed by atoms with E-state index in [9.17, 15) is 9.18 Å². The van der Waals surface area contributed by atoms with E-state index in [1.165, 1.54) is 30.6 Å². The third-order valence-electron chi connectivity index (χ3n) is 5.13. The molecule has 4 rings (SSSR count). The molecule has 0 bridgehead atoms. The van der Waals surface area contributed by atoms with Gasteiger partial charge in [-0.3, -0.25) is 0 Å². The van der Waals surface area contributed by atoms with Crippen LogP contribution in [0.5, 0.6) is 11.6 Å². The normalized spacial score (nSPS) is 16.0. The number of carbonyl (C=O) groups excluding carboxylic acids is 1. The fourth-order valence-corrected chi connectivity index (χ4v) is 3.61. The van der Waals surface area contributed by atoms with E-state index in [0.717, 1.165) is 12.8 Å². The van der Waals surface area contributed by atoms with E-state index in [4.69, 9.17) is 15.2 Å². The summed E-state index contributed by atoms with van der Waals surface area (Å²) < 4.78 is 25.4. The van der Waals surface area contributed by atoms with Crippen LogP contribution in [0.2, 0.25) is 0 Å². The Morgan fingerprint density at radius 1 is 1.17 bits per heavy atom. The van der Waals surface area contributed by atoms with Crippen molar-refractivity contribution in [3.8, 4) is 23.0 Å². The molecule has 3 aromatic rings. The smallest absolute Gasteiger partial charge is 0.410 e. The molecule has 35 heavy (non-hydrogen) atoms. The molecule has 2 aromatic heterocycles. The Morgan fingerprint density at radius 2 is 1.97 bits per heavy atom. The van der Waals surface area contributed by atoms with Gasteiger partial charge in [-0.15, -0.1) is 0 Å². The summed E-state index contributed by atoms with van der Waals surface area (Å²) in [5.74, 6) is -0.181. The minimum atomic E-state index is -0.613. The second-order valence-corrected chi connectivity index (χ2v) is 9.18. The fraction of sp³-hybridized carbons (Fsp3) is 0.375. The molecule has 10 nitrogen and oxygen atoms in total. The standard InChI is InChI=1S/C24H28FN7O3/c1-24(2,3)35-23(33)32-12-4-5-16(14-32)30-22-29-9-8-18(31-22)20-21(28-11-10-27-20)34-19-7-6-15(26)13-17(19)25/h6-11,13,16H,4-5,12,14,26H2,1-3H3,(H,29,30,31)/t16-/m0/s1. The van der Waals surface area contributed by atoms with E-state index < -0.39 is 11.4 Å². The number of nitrogen functional groups attached to an aromatic ring is 1. The van der Waals surface area contributed by atoms with E-state index in [1.54, 1.807) is 17.2 Å². The summed E-state index contributed by atoms with van der Waals surface area (Å²) in [6, 6.07) is 5.74. The molecule has 0 unspecified atom stereocenters. The van der Waals surface area contributed by atoms with Crippen molar-refractivity contribution in [2.45, 2.75) is 45.3 Å². The summed E-state index contributed by atoms with van der Waals surface area (Å²) in [5, 5.41) is 3.29. The van der Waals surface area contributed by atoms with Crippen molar-refractivity contribution in [3.05, 3.63) is 48.7 Å². The van der Waals surface area contributed by atoms with E-state index in [1.807, 2.05) is 20.8 Å². The number of amides is 1. The Hall–Kier alpha value is -4.02. The summed E-state index contributed by atoms with van der Waals surface area (Å²) in [4.78, 5) is 31.5. The van der Waals surface area contributed by atoms with Crippen LogP contribution in [-0.4, -0.2) is 55.7 Å². The highest BCUT2D eigenvalue weighted by molar-refractivity contribution is 5.68. The average Bonchev–Trinajstić information content (AvgIpc) is 2.80. The minimum Gasteiger partial charge on any atom is -0.444 e. The van der Waals surface area contributed by atoms with Crippen molar-refractivity contribution in [2.75, 3.05) is 24.1 Å². The largest absolute Gasteiger partial charge is 0.444 e. The van der Waals surface area contributed by atoms with Crippen LogP contribution in [0.25, 0.3) is 11.4 Å². The third-order valence-corrected chi connectivity index (χ3v) is 5.13. The Bertz CT molecular complexity index is 1200. The summed E-state index contributed by atoms with van der Waals surface area (Å²) in [7, 11) is 0. The van der Waals surface area contributed by atoms with Gasteiger partial charge >= 0.3 is 6.09 Å². The number of nitrogens with zero attached hydrogens (tertiary/aromatic N) is 5. The van der Waals surface area contributed by atoms with E-state index in [2.05, 4.69) is 25.3 Å². The Labute approximate surface area is 202 Å². The first kappa shape index (κ1) is 24.1. The zero-order chi connectivity index (χ0) is 25.0. The molecule has 1 amide bonds. The van der Waals surface area contributed by atoms with Gasteiger partial charge in [0, 0.05) is 49.5 Å². The fourth-order valence-electron chi connectivity index (χ4n) is 3.61. The number of hydrogen-bond donors (Lipinski definition) is 2. The van der Waals surface area contributed by atoms with Gasteiger partial charge in [0.1, 0.15) is 5.60 Å². The topological polar surface area (TPSA) is 128 Å². The van der Waals surface area contributed by atoms with Crippen molar-refractivity contribution in [3.63, 3.8) is 0 Å². The quantitative estimate of drug-likeness (QED) is 0.514. The zero-order valence-electron chi connectivity index (χ0n) is 19.9. The number of hydrogen-bond acceptors (Lipinski definition) is 9. The molecule has 0 radical (unpaired) electrons. The number of piperidine rings is 1. The van der Waals surface area contributed by atoms with E-state index >= 15 is 0 Å². The van der Waals surface area contributed by atoms with Crippen LogP contribution in [0.15, 0.2) is 42.9 Å². The highest BCUT2D eigenvalue weighted by Gasteiger charge is 2.28. The van der Waals surface area contributed by atoms with Crippen LogP contribution < -0.4 is 15.8 Å². The minimum absolute atomic E-state index is 0.0298. The molecule has 1 aliphatic rings. The van der Waals surface area contributed by atoms with Crippen LogP contribution >= 0.6 is 0 Å². The first-order chi connectivity index (χ1) is 16.7. The SMILES string of the molecule is CC(C)(C)OC(=O)N1CCC[C@H](Nc2nccc(-c3nccnc3Oc3ccc(N)cc3F)n2)C1. The number of aromatic nitrogens is 4. The van der Waals surface area contributed by atoms with Gasteiger partial charge in [0.2, 0.25) is 11.8 Å². The van der Waals surface area contributed by atoms with Gasteiger partial charge in [-0.2, -0.15) is 0 Å². The van der Waals surface area contributed by atoms with Crippen molar-refractivity contribution >= 4 is 17.7 Å². The van der Waals surface area contributed by atoms with Crippen LogP contribution in [0, 0.1) is 5.82 Å². The maximum Gasteiger partial charge on any atom is 0.410 e. The summed E-state index contributed by atoms with van der Waals surface area (Å²) in [6.45, 7) is 6.64. The highest BCUT2D eigenvalue weighted by Crippen LogP contribution is 2.31. The first-order valence-electron chi connectivity index (χ1n) is 11.3. The molecule has 0 spiro atoms. The Balaban J connectivity index is 1.49. The third kappa shape index (κ3) is 6.31. The van der Waals surface area contributed by atoms with Crippen molar-refractivity contribution in [2.24, 2.45) is 0 Å². The first-order valence-corrected chi connectivity index (χ1v) is 11.3. The lowest BCUT2D eigenvalue weighted by atomic mass is 10.1. The molecular weight excluding hydrogens is 453 g/mol. The lowest BCUT2D eigenvalue weighted by molar-refractivity contribution is 0.0206. The number of ether oxygens (including phenoxy) is 2. The van der Waals surface area contributed by atoms with Crippen LogP contribution in [-0.2, 0) is 4.74 Å². The molecule has 1 aromatic carbocycles. The van der Waals surface area contributed by atoms with Crippen molar-refractivity contribution in [1.29, 1.82) is 0 Å². The number of likely N-dealkylation sites (tertiary alicyclic amines) is 1. The average molecular weight is 482 g/mol. The summed E-state index contributed by atoms with van der Waals surface area (Å²) in [6.07, 6.45) is 5.86. The van der Waals surface area contributed by atoms with Gasteiger partial charge < -0.3 is 25.4 Å². The van der Waals surface area contributed by atoms with Crippen LogP contribution in [0.4, 0.5) is 20.8 Å². The highest BCUT2D eigenvalue weighted by atomic mass is 19.1. The summed E-state index contributed by atoms with van der Waals surface area (Å²) in [5.41, 5.74) is 6.11. The molecule has 1 fully saturated rings. The number of benzene rings is 1. The van der Waals surface area contributed by atoms with E-state index in [0.29, 0.717) is 30.4 Å². The number of nitrogens with two attached hydrogens (primary N) is 1. The zero-order valence-corrected chi connectivity index (χ0v) is 19.9. The lowest BCUT2D eigenvalue weighted by Gasteiger charge is -2.34. The molecule has 0 saturated carbocycles. The number of carbonyl (C=O) groups is 1. The molecule has 1 aliphatic heterocycles. The maximum atomic E-state index is 14.2. The number of anilines is 2. The molecule has 184 valence electrons. The Kier molecular flexibility index (Phi) is 6.94. The molecule has 1 saturated heterocycles. The molecular formula is C24H28FN7O3. The second-order valence-electron chi connectivity index (χ2n) is 9.18. The van der Waals surface area contributed by atoms with Crippen molar-refractivity contribution in [1.82, 2.24) is 24.8 Å². The van der Waals surface area contributed by atoms with Crippen LogP contribution in [0.1, 0.15) is 33.6 Å². The van der Waals surface area contributed by atoms with Crippen molar-refractivity contribution < 1.29 is 18.7 Å². The molecule has 3 N–H and O–H groups in total. The lowest BCUT2D eigenvalue weighted by Crippen LogP contribution is -2.47. The molecule has 3 heterocycles. The Morgan fingerprint density at radius 3 is 2.74 bits per heavy atom. The number of halogens is 1. The second kappa shape index (κ2) is 10.1. The predicted molar refractivity (Wildman–Crippen MR) is 128 cm³/mol.